The fourth-order valence-electron chi connectivity index (χ4n) is 1.90. The van der Waals surface area contributed by atoms with Gasteiger partial charge in [-0.05, 0) is 6.07 Å². The number of fused-ring (bicyclic) bond motifs is 1. The molecule has 0 bridgehead atoms. The Kier molecular flexibility index (Phi) is 2.63. The molecule has 0 amide bonds. The molecule has 3 rings (SSSR count). The molecule has 19 heavy (non-hydrogen) atoms. The van der Waals surface area contributed by atoms with E-state index in [1.165, 1.54) is 6.07 Å². The molecule has 0 radical (unpaired) electrons. The Morgan fingerprint density at radius 2 is 1.58 bits per heavy atom. The summed E-state index contributed by atoms with van der Waals surface area (Å²) < 4.78 is 31.7. The van der Waals surface area contributed by atoms with Crippen molar-refractivity contribution in [3.05, 3.63) is 70.4 Å². The van der Waals surface area contributed by atoms with Gasteiger partial charge in [-0.1, -0.05) is 30.3 Å². The summed E-state index contributed by atoms with van der Waals surface area (Å²) in [6.45, 7) is 0. The van der Waals surface area contributed by atoms with E-state index in [1.54, 1.807) is 24.3 Å². The van der Waals surface area contributed by atoms with Crippen LogP contribution in [-0.2, 0) is 0 Å². The fourth-order valence-corrected chi connectivity index (χ4v) is 1.90. The van der Waals surface area contributed by atoms with Gasteiger partial charge in [0.25, 0.3) is 0 Å². The molecule has 1 aromatic heterocycles. The van der Waals surface area contributed by atoms with Gasteiger partial charge in [0.1, 0.15) is 11.3 Å². The molecular weight excluding hydrogens is 250 g/mol. The second kappa shape index (κ2) is 4.31. The van der Waals surface area contributed by atoms with Gasteiger partial charge in [-0.15, -0.1) is 0 Å². The molecule has 0 spiro atoms. The summed E-state index contributed by atoms with van der Waals surface area (Å²) in [5.74, 6) is -1.78. The minimum atomic E-state index is -1.06. The molecule has 0 N–H and O–H groups in total. The Balaban J connectivity index is 2.31. The van der Waals surface area contributed by atoms with Crippen molar-refractivity contribution < 1.29 is 13.2 Å². The first-order valence-corrected chi connectivity index (χ1v) is 5.63. The van der Waals surface area contributed by atoms with Crippen molar-refractivity contribution in [2.45, 2.75) is 0 Å². The normalized spacial score (nSPS) is 10.8. The Morgan fingerprint density at radius 3 is 2.32 bits per heavy atom. The number of halogens is 2. The standard InChI is InChI=1S/C15H8F2O2/c16-11-6-10-13(18)8-14(9-4-2-1-3-5-9)19-15(10)7-12(11)17/h1-8H. The molecule has 4 heteroatoms. The van der Waals surface area contributed by atoms with Gasteiger partial charge >= 0.3 is 0 Å². The Bertz CT molecular complexity index is 807. The average Bonchev–Trinajstić information content (AvgIpc) is 2.42. The van der Waals surface area contributed by atoms with Gasteiger partial charge in [-0.2, -0.15) is 0 Å². The summed E-state index contributed by atoms with van der Waals surface area (Å²) in [5.41, 5.74) is 0.329. The van der Waals surface area contributed by atoms with Crippen LogP contribution in [0.5, 0.6) is 0 Å². The molecule has 0 unspecified atom stereocenters. The van der Waals surface area contributed by atoms with Gasteiger partial charge in [-0.3, -0.25) is 4.79 Å². The minimum absolute atomic E-state index is 0.0265. The second-order valence-electron chi connectivity index (χ2n) is 4.10. The highest BCUT2D eigenvalue weighted by Gasteiger charge is 2.11. The third-order valence-electron chi connectivity index (χ3n) is 2.83. The molecule has 0 fully saturated rings. The summed E-state index contributed by atoms with van der Waals surface area (Å²) in [5, 5.41) is 0.0265. The second-order valence-corrected chi connectivity index (χ2v) is 4.10. The number of hydrogen-bond acceptors (Lipinski definition) is 2. The summed E-state index contributed by atoms with van der Waals surface area (Å²) in [7, 11) is 0. The first-order valence-electron chi connectivity index (χ1n) is 5.63. The highest BCUT2D eigenvalue weighted by molar-refractivity contribution is 5.78. The zero-order valence-electron chi connectivity index (χ0n) is 9.69. The van der Waals surface area contributed by atoms with Crippen molar-refractivity contribution in [1.82, 2.24) is 0 Å². The van der Waals surface area contributed by atoms with Crippen LogP contribution >= 0.6 is 0 Å². The Labute approximate surface area is 106 Å². The van der Waals surface area contributed by atoms with Crippen LogP contribution in [0.3, 0.4) is 0 Å². The monoisotopic (exact) mass is 258 g/mol. The zero-order valence-corrected chi connectivity index (χ0v) is 9.69. The zero-order chi connectivity index (χ0) is 13.4. The third kappa shape index (κ3) is 2.01. The highest BCUT2D eigenvalue weighted by Crippen LogP contribution is 2.23. The van der Waals surface area contributed by atoms with Crippen LogP contribution in [0.25, 0.3) is 22.3 Å². The van der Waals surface area contributed by atoms with Crippen molar-refractivity contribution in [2.24, 2.45) is 0 Å². The molecule has 2 nitrogen and oxygen atoms in total. The van der Waals surface area contributed by atoms with Crippen LogP contribution in [0.2, 0.25) is 0 Å². The van der Waals surface area contributed by atoms with E-state index in [0.717, 1.165) is 12.1 Å². The molecule has 0 aliphatic carbocycles. The van der Waals surface area contributed by atoms with E-state index in [9.17, 15) is 13.6 Å². The van der Waals surface area contributed by atoms with E-state index in [1.807, 2.05) is 6.07 Å². The van der Waals surface area contributed by atoms with Crippen molar-refractivity contribution in [1.29, 1.82) is 0 Å². The maximum absolute atomic E-state index is 13.2. The molecule has 0 aliphatic heterocycles. The topological polar surface area (TPSA) is 30.2 Å². The predicted octanol–water partition coefficient (Wildman–Crippen LogP) is 3.74. The van der Waals surface area contributed by atoms with E-state index in [4.69, 9.17) is 4.42 Å². The van der Waals surface area contributed by atoms with Gasteiger partial charge in [0, 0.05) is 17.7 Å². The van der Waals surface area contributed by atoms with Crippen LogP contribution < -0.4 is 5.43 Å². The van der Waals surface area contributed by atoms with Crippen molar-refractivity contribution in [2.75, 3.05) is 0 Å². The smallest absolute Gasteiger partial charge is 0.193 e. The van der Waals surface area contributed by atoms with Crippen LogP contribution in [-0.4, -0.2) is 0 Å². The lowest BCUT2D eigenvalue weighted by Gasteiger charge is -2.03. The highest BCUT2D eigenvalue weighted by atomic mass is 19.2. The SMILES string of the molecule is O=c1cc(-c2ccccc2)oc2cc(F)c(F)cc12. The van der Waals surface area contributed by atoms with Crippen molar-refractivity contribution in [3.63, 3.8) is 0 Å². The lowest BCUT2D eigenvalue weighted by Crippen LogP contribution is -2.01. The molecular formula is C15H8F2O2. The van der Waals surface area contributed by atoms with Crippen LogP contribution in [0, 0.1) is 11.6 Å². The molecule has 0 aliphatic rings. The van der Waals surface area contributed by atoms with E-state index in [2.05, 4.69) is 0 Å². The first-order chi connectivity index (χ1) is 9.15. The molecule has 0 saturated carbocycles. The van der Waals surface area contributed by atoms with Gasteiger partial charge in [0.05, 0.1) is 5.39 Å². The van der Waals surface area contributed by atoms with Gasteiger partial charge in [-0.25, -0.2) is 8.78 Å². The third-order valence-corrected chi connectivity index (χ3v) is 2.83. The maximum Gasteiger partial charge on any atom is 0.193 e. The van der Waals surface area contributed by atoms with E-state index in [0.29, 0.717) is 11.3 Å². The molecule has 0 atom stereocenters. The van der Waals surface area contributed by atoms with E-state index in [-0.39, 0.29) is 11.0 Å². The number of hydrogen-bond donors (Lipinski definition) is 0. The summed E-state index contributed by atoms with van der Waals surface area (Å²) in [4.78, 5) is 11.9. The molecule has 94 valence electrons. The van der Waals surface area contributed by atoms with Gasteiger partial charge < -0.3 is 4.42 Å². The van der Waals surface area contributed by atoms with E-state index < -0.39 is 17.1 Å². The van der Waals surface area contributed by atoms with Gasteiger partial charge in [0.15, 0.2) is 17.1 Å². The van der Waals surface area contributed by atoms with E-state index >= 15 is 0 Å². The average molecular weight is 258 g/mol. The number of rotatable bonds is 1. The molecule has 0 saturated heterocycles. The van der Waals surface area contributed by atoms with Crippen LogP contribution in [0.4, 0.5) is 8.78 Å². The summed E-state index contributed by atoms with van der Waals surface area (Å²) in [6.07, 6.45) is 0. The lowest BCUT2D eigenvalue weighted by atomic mass is 10.1. The predicted molar refractivity (Wildman–Crippen MR) is 67.8 cm³/mol. The Hall–Kier alpha value is -2.49. The molecule has 1 heterocycles. The molecule has 2 aromatic carbocycles. The van der Waals surface area contributed by atoms with Crippen LogP contribution in [0.1, 0.15) is 0 Å². The summed E-state index contributed by atoms with van der Waals surface area (Å²) in [6, 6.07) is 12.0. The largest absolute Gasteiger partial charge is 0.456 e. The minimum Gasteiger partial charge on any atom is -0.456 e. The number of benzene rings is 2. The summed E-state index contributed by atoms with van der Waals surface area (Å²) >= 11 is 0. The van der Waals surface area contributed by atoms with Gasteiger partial charge in [0.2, 0.25) is 0 Å². The van der Waals surface area contributed by atoms with Crippen LogP contribution in [0.15, 0.2) is 57.7 Å². The fraction of sp³-hybridized carbons (Fsp3) is 0. The maximum atomic E-state index is 13.2. The first kappa shape index (κ1) is 11.6. The van der Waals surface area contributed by atoms with Crippen molar-refractivity contribution >= 4 is 11.0 Å². The van der Waals surface area contributed by atoms with Crippen molar-refractivity contribution in [3.8, 4) is 11.3 Å². The molecule has 3 aromatic rings. The Morgan fingerprint density at radius 1 is 0.895 bits per heavy atom. The quantitative estimate of drug-likeness (QED) is 0.665. The lowest BCUT2D eigenvalue weighted by molar-refractivity contribution is 0.506.